The summed E-state index contributed by atoms with van der Waals surface area (Å²) in [7, 11) is 0. The van der Waals surface area contributed by atoms with Crippen LogP contribution in [0.4, 0.5) is 4.39 Å². The van der Waals surface area contributed by atoms with E-state index in [1.165, 1.54) is 12.1 Å². The number of amidine groups is 1. The molecule has 2 aromatic carbocycles. The fourth-order valence-electron chi connectivity index (χ4n) is 1.83. The van der Waals surface area contributed by atoms with Crippen molar-refractivity contribution in [3.05, 3.63) is 56.8 Å². The van der Waals surface area contributed by atoms with Gasteiger partial charge in [0.1, 0.15) is 11.6 Å². The molecule has 0 saturated carbocycles. The summed E-state index contributed by atoms with van der Waals surface area (Å²) in [6, 6.07) is 8.13. The SMILES string of the molecule is CCc1cc(Oc2ccc(C(=N)N)c(Br)c2F)ccc1Cl. The molecule has 0 saturated heterocycles. The number of nitrogen functional groups attached to an aromatic ring is 1. The van der Waals surface area contributed by atoms with Crippen LogP contribution in [0.1, 0.15) is 18.1 Å². The number of hydrogen-bond donors (Lipinski definition) is 2. The highest BCUT2D eigenvalue weighted by Crippen LogP contribution is 2.33. The maximum absolute atomic E-state index is 14.2. The predicted molar refractivity (Wildman–Crippen MR) is 86.0 cm³/mol. The lowest BCUT2D eigenvalue weighted by Gasteiger charge is -2.11. The first-order valence-corrected chi connectivity index (χ1v) is 7.39. The van der Waals surface area contributed by atoms with Crippen molar-refractivity contribution in [1.29, 1.82) is 5.41 Å². The van der Waals surface area contributed by atoms with Crippen LogP contribution >= 0.6 is 27.5 Å². The number of hydrogen-bond acceptors (Lipinski definition) is 2. The zero-order valence-corrected chi connectivity index (χ0v) is 13.6. The van der Waals surface area contributed by atoms with Crippen LogP contribution in [0, 0.1) is 11.2 Å². The van der Waals surface area contributed by atoms with Gasteiger partial charge in [-0.25, -0.2) is 4.39 Å². The van der Waals surface area contributed by atoms with Gasteiger partial charge in [0, 0.05) is 10.6 Å². The van der Waals surface area contributed by atoms with Gasteiger partial charge in [-0.3, -0.25) is 5.41 Å². The van der Waals surface area contributed by atoms with Gasteiger partial charge >= 0.3 is 0 Å². The average Bonchev–Trinajstić information content (AvgIpc) is 2.45. The molecule has 0 radical (unpaired) electrons. The first-order valence-electron chi connectivity index (χ1n) is 6.22. The fraction of sp³-hybridized carbons (Fsp3) is 0.133. The third-order valence-electron chi connectivity index (χ3n) is 2.96. The predicted octanol–water partition coefficient (Wildman–Crippen LogP) is 4.88. The first kappa shape index (κ1) is 15.8. The van der Waals surface area contributed by atoms with Gasteiger partial charge in [-0.1, -0.05) is 18.5 Å². The number of nitrogens with two attached hydrogens (primary N) is 1. The van der Waals surface area contributed by atoms with Crippen LogP contribution < -0.4 is 10.5 Å². The summed E-state index contributed by atoms with van der Waals surface area (Å²) < 4.78 is 19.9. The molecule has 0 heterocycles. The maximum Gasteiger partial charge on any atom is 0.180 e. The average molecular weight is 372 g/mol. The number of halogens is 3. The quantitative estimate of drug-likeness (QED) is 0.594. The van der Waals surface area contributed by atoms with E-state index < -0.39 is 5.82 Å². The molecule has 0 aliphatic rings. The van der Waals surface area contributed by atoms with Crippen LogP contribution in [0.25, 0.3) is 0 Å². The largest absolute Gasteiger partial charge is 0.454 e. The highest BCUT2D eigenvalue weighted by atomic mass is 79.9. The Hall–Kier alpha value is -1.59. The highest BCUT2D eigenvalue weighted by Gasteiger charge is 2.15. The van der Waals surface area contributed by atoms with Gasteiger partial charge in [0.2, 0.25) is 0 Å². The number of nitrogens with one attached hydrogen (secondary N) is 1. The second kappa shape index (κ2) is 6.45. The van der Waals surface area contributed by atoms with Crippen molar-refractivity contribution in [2.45, 2.75) is 13.3 Å². The second-order valence-electron chi connectivity index (χ2n) is 4.36. The first-order chi connectivity index (χ1) is 9.93. The van der Waals surface area contributed by atoms with Gasteiger partial charge < -0.3 is 10.5 Å². The highest BCUT2D eigenvalue weighted by molar-refractivity contribution is 9.10. The molecule has 0 fully saturated rings. The lowest BCUT2D eigenvalue weighted by Crippen LogP contribution is -2.12. The third kappa shape index (κ3) is 3.36. The maximum atomic E-state index is 14.2. The topological polar surface area (TPSA) is 59.1 Å². The van der Waals surface area contributed by atoms with Gasteiger partial charge in [-0.2, -0.15) is 0 Å². The Balaban J connectivity index is 2.36. The van der Waals surface area contributed by atoms with Crippen molar-refractivity contribution in [2.75, 3.05) is 0 Å². The Kier molecular flexibility index (Phi) is 4.85. The molecule has 3 N–H and O–H groups in total. The van der Waals surface area contributed by atoms with Crippen molar-refractivity contribution < 1.29 is 9.13 Å². The summed E-state index contributed by atoms with van der Waals surface area (Å²) in [6.45, 7) is 1.98. The Morgan fingerprint density at radius 1 is 1.38 bits per heavy atom. The van der Waals surface area contributed by atoms with Crippen molar-refractivity contribution >= 4 is 33.4 Å². The number of aryl methyl sites for hydroxylation is 1. The molecule has 0 amide bonds. The molecule has 2 aromatic rings. The van der Waals surface area contributed by atoms with Crippen molar-refractivity contribution in [1.82, 2.24) is 0 Å². The van der Waals surface area contributed by atoms with E-state index in [1.54, 1.807) is 18.2 Å². The summed E-state index contributed by atoms with van der Waals surface area (Å²) in [5, 5.41) is 8.02. The molecule has 0 unspecified atom stereocenters. The smallest absolute Gasteiger partial charge is 0.180 e. The summed E-state index contributed by atoms with van der Waals surface area (Å²) >= 11 is 9.12. The van der Waals surface area contributed by atoms with E-state index in [9.17, 15) is 4.39 Å². The zero-order chi connectivity index (χ0) is 15.6. The Morgan fingerprint density at radius 2 is 2.10 bits per heavy atom. The van der Waals surface area contributed by atoms with E-state index in [4.69, 9.17) is 27.5 Å². The van der Waals surface area contributed by atoms with Gasteiger partial charge in [0.25, 0.3) is 0 Å². The second-order valence-corrected chi connectivity index (χ2v) is 5.56. The number of ether oxygens (including phenoxy) is 1. The van der Waals surface area contributed by atoms with E-state index >= 15 is 0 Å². The molecule has 0 aliphatic heterocycles. The minimum atomic E-state index is -0.601. The van der Waals surface area contributed by atoms with Gasteiger partial charge in [-0.15, -0.1) is 0 Å². The van der Waals surface area contributed by atoms with E-state index in [0.29, 0.717) is 10.8 Å². The Bertz CT molecular complexity index is 706. The van der Waals surface area contributed by atoms with Crippen molar-refractivity contribution in [3.63, 3.8) is 0 Å². The molecule has 6 heteroatoms. The normalized spacial score (nSPS) is 10.5. The molecule has 2 rings (SSSR count). The van der Waals surface area contributed by atoms with Crippen LogP contribution in [-0.4, -0.2) is 5.84 Å². The molecule has 0 spiro atoms. The molecular formula is C15H13BrClFN2O. The molecule has 0 atom stereocenters. The Labute approximate surface area is 135 Å². The number of benzene rings is 2. The molecule has 0 bridgehead atoms. The van der Waals surface area contributed by atoms with Gasteiger partial charge in [0.15, 0.2) is 11.6 Å². The molecule has 21 heavy (non-hydrogen) atoms. The summed E-state index contributed by atoms with van der Waals surface area (Å²) in [6.07, 6.45) is 0.755. The summed E-state index contributed by atoms with van der Waals surface area (Å²) in [5.74, 6) is -0.267. The lowest BCUT2D eigenvalue weighted by atomic mass is 10.1. The summed E-state index contributed by atoms with van der Waals surface area (Å²) in [4.78, 5) is 0. The Morgan fingerprint density at radius 3 is 2.71 bits per heavy atom. The van der Waals surface area contributed by atoms with Crippen LogP contribution in [0.15, 0.2) is 34.8 Å². The fourth-order valence-corrected chi connectivity index (χ4v) is 2.62. The van der Waals surface area contributed by atoms with E-state index in [2.05, 4.69) is 15.9 Å². The summed E-state index contributed by atoms with van der Waals surface area (Å²) in [5.41, 5.74) is 6.58. The van der Waals surface area contributed by atoms with Crippen LogP contribution in [0.2, 0.25) is 5.02 Å². The minimum Gasteiger partial charge on any atom is -0.454 e. The number of rotatable bonds is 4. The molecule has 0 aliphatic carbocycles. The molecule has 0 aromatic heterocycles. The molecule has 3 nitrogen and oxygen atoms in total. The van der Waals surface area contributed by atoms with Crippen molar-refractivity contribution in [2.24, 2.45) is 5.73 Å². The third-order valence-corrected chi connectivity index (χ3v) is 4.11. The minimum absolute atomic E-state index is 0.0521. The van der Waals surface area contributed by atoms with E-state index in [-0.39, 0.29) is 21.6 Å². The van der Waals surface area contributed by atoms with Gasteiger partial charge in [0.05, 0.1) is 4.47 Å². The van der Waals surface area contributed by atoms with E-state index in [1.807, 2.05) is 6.92 Å². The molecule has 110 valence electrons. The lowest BCUT2D eigenvalue weighted by molar-refractivity contribution is 0.440. The van der Waals surface area contributed by atoms with Crippen LogP contribution in [0.5, 0.6) is 11.5 Å². The monoisotopic (exact) mass is 370 g/mol. The van der Waals surface area contributed by atoms with Crippen LogP contribution in [-0.2, 0) is 6.42 Å². The van der Waals surface area contributed by atoms with E-state index in [0.717, 1.165) is 12.0 Å². The van der Waals surface area contributed by atoms with Gasteiger partial charge in [-0.05, 0) is 58.2 Å². The van der Waals surface area contributed by atoms with Crippen molar-refractivity contribution in [3.8, 4) is 11.5 Å². The zero-order valence-electron chi connectivity index (χ0n) is 11.2. The molecular weight excluding hydrogens is 359 g/mol. The standard InChI is InChI=1S/C15H13BrClFN2O/c1-2-8-7-9(3-5-11(8)17)21-12-6-4-10(15(19)20)13(16)14(12)18/h3-7H,2H2,1H3,(H3,19,20). The van der Waals surface area contributed by atoms with Crippen LogP contribution in [0.3, 0.4) is 0 Å².